The SMILES string of the molecule is Cc1ccc(F)c2[nH]c(C(CN)c3ccc(F)cc3)nc(=O)c12. The fourth-order valence-electron chi connectivity index (χ4n) is 2.67. The Bertz CT molecular complexity index is 920. The first kappa shape index (κ1) is 15.3. The Balaban J connectivity index is 2.21. The highest BCUT2D eigenvalue weighted by atomic mass is 19.1. The summed E-state index contributed by atoms with van der Waals surface area (Å²) in [5.41, 5.74) is 6.74. The Morgan fingerprint density at radius 3 is 2.52 bits per heavy atom. The summed E-state index contributed by atoms with van der Waals surface area (Å²) >= 11 is 0. The van der Waals surface area contributed by atoms with Gasteiger partial charge >= 0.3 is 0 Å². The van der Waals surface area contributed by atoms with E-state index >= 15 is 0 Å². The molecular weight excluding hydrogens is 300 g/mol. The van der Waals surface area contributed by atoms with Crippen molar-refractivity contribution < 1.29 is 8.78 Å². The van der Waals surface area contributed by atoms with Crippen molar-refractivity contribution in [1.82, 2.24) is 9.97 Å². The summed E-state index contributed by atoms with van der Waals surface area (Å²) in [5, 5.41) is 0.226. The minimum Gasteiger partial charge on any atom is -0.340 e. The van der Waals surface area contributed by atoms with Gasteiger partial charge in [0.25, 0.3) is 5.56 Å². The van der Waals surface area contributed by atoms with Crippen LogP contribution >= 0.6 is 0 Å². The zero-order valence-corrected chi connectivity index (χ0v) is 12.4. The van der Waals surface area contributed by atoms with Crippen LogP contribution in [0.3, 0.4) is 0 Å². The van der Waals surface area contributed by atoms with Crippen molar-refractivity contribution in [3.05, 3.63) is 75.3 Å². The lowest BCUT2D eigenvalue weighted by molar-refractivity contribution is 0.625. The average molecular weight is 315 g/mol. The van der Waals surface area contributed by atoms with E-state index in [0.717, 1.165) is 0 Å². The quantitative estimate of drug-likeness (QED) is 0.780. The Labute approximate surface area is 131 Å². The number of nitrogens with one attached hydrogen (secondary N) is 1. The minimum atomic E-state index is -0.527. The predicted molar refractivity (Wildman–Crippen MR) is 84.4 cm³/mol. The molecule has 3 N–H and O–H groups in total. The molecule has 1 atom stereocenters. The van der Waals surface area contributed by atoms with Crippen LogP contribution in [0.5, 0.6) is 0 Å². The number of aromatic nitrogens is 2. The zero-order valence-electron chi connectivity index (χ0n) is 12.4. The molecule has 3 rings (SSSR count). The van der Waals surface area contributed by atoms with E-state index in [1.807, 2.05) is 0 Å². The number of rotatable bonds is 3. The molecule has 0 saturated heterocycles. The molecule has 0 fully saturated rings. The number of hydrogen-bond acceptors (Lipinski definition) is 3. The van der Waals surface area contributed by atoms with Gasteiger partial charge in [-0.25, -0.2) is 8.78 Å². The van der Waals surface area contributed by atoms with E-state index in [1.54, 1.807) is 19.1 Å². The molecule has 2 aromatic carbocycles. The standard InChI is InChI=1S/C17H15F2N3O/c1-9-2-7-13(19)15-14(9)17(23)22-16(21-15)12(8-20)10-3-5-11(18)6-4-10/h2-7,12H,8,20H2,1H3,(H,21,22,23). The van der Waals surface area contributed by atoms with E-state index in [4.69, 9.17) is 5.73 Å². The number of aromatic amines is 1. The lowest BCUT2D eigenvalue weighted by Crippen LogP contribution is -2.22. The molecule has 1 aromatic heterocycles. The molecule has 0 aliphatic rings. The van der Waals surface area contributed by atoms with Crippen molar-refractivity contribution in [2.75, 3.05) is 6.54 Å². The van der Waals surface area contributed by atoms with Crippen molar-refractivity contribution >= 4 is 10.9 Å². The first-order chi connectivity index (χ1) is 11.0. The summed E-state index contributed by atoms with van der Waals surface area (Å²) in [4.78, 5) is 19.2. The number of nitrogens with zero attached hydrogens (tertiary/aromatic N) is 1. The number of fused-ring (bicyclic) bond motifs is 1. The molecule has 1 heterocycles. The van der Waals surface area contributed by atoms with Gasteiger partial charge in [0.05, 0.1) is 16.8 Å². The van der Waals surface area contributed by atoms with E-state index in [0.29, 0.717) is 11.1 Å². The first-order valence-corrected chi connectivity index (χ1v) is 7.16. The number of H-pyrrole nitrogens is 1. The summed E-state index contributed by atoms with van der Waals surface area (Å²) < 4.78 is 27.1. The van der Waals surface area contributed by atoms with Crippen LogP contribution in [0, 0.1) is 18.6 Å². The topological polar surface area (TPSA) is 71.8 Å². The number of aryl methyl sites for hydroxylation is 1. The number of nitrogens with two attached hydrogens (primary N) is 1. The summed E-state index contributed by atoms with van der Waals surface area (Å²) in [6.07, 6.45) is 0. The Kier molecular flexibility index (Phi) is 3.92. The molecule has 1 unspecified atom stereocenters. The Morgan fingerprint density at radius 2 is 1.87 bits per heavy atom. The number of halogens is 2. The summed E-state index contributed by atoms with van der Waals surface area (Å²) in [6.45, 7) is 1.87. The third-order valence-electron chi connectivity index (χ3n) is 3.89. The molecule has 118 valence electrons. The van der Waals surface area contributed by atoms with Crippen molar-refractivity contribution in [2.45, 2.75) is 12.8 Å². The molecule has 0 aliphatic carbocycles. The fraction of sp³-hybridized carbons (Fsp3) is 0.176. The molecule has 6 heteroatoms. The smallest absolute Gasteiger partial charge is 0.281 e. The summed E-state index contributed by atoms with van der Waals surface area (Å²) in [5.74, 6) is -1.08. The van der Waals surface area contributed by atoms with Crippen LogP contribution in [0.2, 0.25) is 0 Å². The van der Waals surface area contributed by atoms with Gasteiger partial charge in [-0.2, -0.15) is 4.98 Å². The molecule has 3 aromatic rings. The van der Waals surface area contributed by atoms with E-state index in [2.05, 4.69) is 9.97 Å². The van der Waals surface area contributed by atoms with Crippen LogP contribution in [-0.4, -0.2) is 16.5 Å². The first-order valence-electron chi connectivity index (χ1n) is 7.16. The van der Waals surface area contributed by atoms with Gasteiger partial charge in [0.2, 0.25) is 0 Å². The van der Waals surface area contributed by atoms with E-state index in [1.165, 1.54) is 24.3 Å². The normalized spacial score (nSPS) is 12.5. The lowest BCUT2D eigenvalue weighted by atomic mass is 9.98. The monoisotopic (exact) mass is 315 g/mol. The molecule has 0 bridgehead atoms. The highest BCUT2D eigenvalue weighted by Gasteiger charge is 2.18. The molecular formula is C17H15F2N3O. The molecule has 4 nitrogen and oxygen atoms in total. The van der Waals surface area contributed by atoms with Gasteiger partial charge in [0.15, 0.2) is 0 Å². The van der Waals surface area contributed by atoms with E-state index < -0.39 is 17.3 Å². The fourth-order valence-corrected chi connectivity index (χ4v) is 2.67. The van der Waals surface area contributed by atoms with Crippen LogP contribution in [0.25, 0.3) is 10.9 Å². The zero-order chi connectivity index (χ0) is 16.6. The van der Waals surface area contributed by atoms with E-state index in [9.17, 15) is 13.6 Å². The Morgan fingerprint density at radius 1 is 1.17 bits per heavy atom. The minimum absolute atomic E-state index is 0.112. The highest BCUT2D eigenvalue weighted by molar-refractivity contribution is 5.81. The van der Waals surface area contributed by atoms with Gasteiger partial charge in [0, 0.05) is 6.54 Å². The second-order valence-electron chi connectivity index (χ2n) is 5.38. The molecule has 0 radical (unpaired) electrons. The van der Waals surface area contributed by atoms with Crippen LogP contribution in [0.15, 0.2) is 41.2 Å². The maximum Gasteiger partial charge on any atom is 0.281 e. The largest absolute Gasteiger partial charge is 0.340 e. The molecule has 0 amide bonds. The average Bonchev–Trinajstić information content (AvgIpc) is 2.53. The maximum absolute atomic E-state index is 14.1. The highest BCUT2D eigenvalue weighted by Crippen LogP contribution is 2.23. The van der Waals surface area contributed by atoms with Crippen molar-refractivity contribution in [2.24, 2.45) is 5.73 Å². The van der Waals surface area contributed by atoms with Crippen molar-refractivity contribution in [1.29, 1.82) is 0 Å². The van der Waals surface area contributed by atoms with Crippen LogP contribution in [0.1, 0.15) is 22.9 Å². The van der Waals surface area contributed by atoms with Gasteiger partial charge in [-0.3, -0.25) is 4.79 Å². The Hall–Kier alpha value is -2.60. The number of hydrogen-bond donors (Lipinski definition) is 2. The molecule has 0 saturated carbocycles. The third kappa shape index (κ3) is 2.73. The van der Waals surface area contributed by atoms with Crippen molar-refractivity contribution in [3.63, 3.8) is 0 Å². The van der Waals surface area contributed by atoms with Crippen LogP contribution in [-0.2, 0) is 0 Å². The van der Waals surface area contributed by atoms with Gasteiger partial charge in [-0.1, -0.05) is 18.2 Å². The third-order valence-corrected chi connectivity index (χ3v) is 3.89. The van der Waals surface area contributed by atoms with Crippen molar-refractivity contribution in [3.8, 4) is 0 Å². The van der Waals surface area contributed by atoms with Crippen LogP contribution in [0.4, 0.5) is 8.78 Å². The van der Waals surface area contributed by atoms with Crippen LogP contribution < -0.4 is 11.3 Å². The van der Waals surface area contributed by atoms with Gasteiger partial charge < -0.3 is 10.7 Å². The van der Waals surface area contributed by atoms with E-state index in [-0.39, 0.29) is 29.1 Å². The number of benzene rings is 2. The molecule has 0 aliphatic heterocycles. The molecule has 0 spiro atoms. The van der Waals surface area contributed by atoms with Gasteiger partial charge in [0.1, 0.15) is 17.5 Å². The second-order valence-corrected chi connectivity index (χ2v) is 5.38. The lowest BCUT2D eigenvalue weighted by Gasteiger charge is -2.15. The molecule has 23 heavy (non-hydrogen) atoms. The van der Waals surface area contributed by atoms with Gasteiger partial charge in [-0.15, -0.1) is 0 Å². The van der Waals surface area contributed by atoms with Gasteiger partial charge in [-0.05, 0) is 36.2 Å². The maximum atomic E-state index is 14.1. The second kappa shape index (κ2) is 5.89. The predicted octanol–water partition coefficient (Wildman–Crippen LogP) is 2.60. The summed E-state index contributed by atoms with van der Waals surface area (Å²) in [7, 11) is 0. The summed E-state index contributed by atoms with van der Waals surface area (Å²) in [6, 6.07) is 8.60.